The van der Waals surface area contributed by atoms with Gasteiger partial charge in [-0.3, -0.25) is 9.30 Å². The Kier molecular flexibility index (Phi) is 6.10. The number of pyridine rings is 1. The van der Waals surface area contributed by atoms with E-state index in [1.807, 2.05) is 30.3 Å². The van der Waals surface area contributed by atoms with Crippen LogP contribution in [-0.4, -0.2) is 76.5 Å². The second kappa shape index (κ2) is 9.10. The number of likely N-dealkylation sites (N-methyl/N-ethyl adjacent to an activating group) is 1. The van der Waals surface area contributed by atoms with Crippen LogP contribution in [0.15, 0.2) is 53.5 Å². The Bertz CT molecular complexity index is 1070. The summed E-state index contributed by atoms with van der Waals surface area (Å²) in [6, 6.07) is 12.7. The number of aromatic nitrogens is 3. The molecule has 0 aliphatic carbocycles. The van der Waals surface area contributed by atoms with Gasteiger partial charge in [0.15, 0.2) is 5.65 Å². The van der Waals surface area contributed by atoms with E-state index < -0.39 is 0 Å². The van der Waals surface area contributed by atoms with E-state index in [0.29, 0.717) is 24.4 Å². The first-order chi connectivity index (χ1) is 14.6. The Hall–Kier alpha value is -3.17. The van der Waals surface area contributed by atoms with E-state index in [1.54, 1.807) is 30.3 Å². The van der Waals surface area contributed by atoms with Crippen LogP contribution in [0.25, 0.3) is 5.65 Å². The number of ether oxygens (including phenoxy) is 1. The van der Waals surface area contributed by atoms with Gasteiger partial charge in [-0.2, -0.15) is 0 Å². The molecule has 9 nitrogen and oxygen atoms in total. The molecule has 2 aromatic heterocycles. The molecule has 0 bridgehead atoms. The van der Waals surface area contributed by atoms with E-state index in [9.17, 15) is 9.59 Å². The third kappa shape index (κ3) is 4.69. The highest BCUT2D eigenvalue weighted by Gasteiger charge is 2.14. The molecular weight excluding hydrogens is 384 g/mol. The van der Waals surface area contributed by atoms with Gasteiger partial charge in [0.05, 0.1) is 19.8 Å². The lowest BCUT2D eigenvalue weighted by atomic mass is 10.2. The minimum absolute atomic E-state index is 0.162. The molecule has 4 rings (SSSR count). The number of urea groups is 1. The fraction of sp³-hybridized carbons (Fsp3) is 0.381. The van der Waals surface area contributed by atoms with Crippen molar-refractivity contribution in [3.63, 3.8) is 0 Å². The van der Waals surface area contributed by atoms with Gasteiger partial charge in [0.25, 0.3) is 0 Å². The summed E-state index contributed by atoms with van der Waals surface area (Å²) < 4.78 is 8.28. The highest BCUT2D eigenvalue weighted by Crippen LogP contribution is 2.12. The van der Waals surface area contributed by atoms with E-state index in [1.165, 1.54) is 9.08 Å². The van der Waals surface area contributed by atoms with Gasteiger partial charge in [0, 0.05) is 45.1 Å². The molecule has 3 heterocycles. The molecule has 1 saturated heterocycles. The standard InChI is InChI=1S/C21H26N6O3/c1-24(9-10-25-11-13-30-14-12-25)20(28)22-18-6-4-5-17(15-18)16-27-21(29)26-8-3-2-7-19(26)23-27/h2-8,15H,9-14,16H2,1H3,(H,22,28). The van der Waals surface area contributed by atoms with Crippen LogP contribution in [0.4, 0.5) is 10.5 Å². The first-order valence-electron chi connectivity index (χ1n) is 10.1. The molecule has 9 heteroatoms. The molecule has 0 unspecified atom stereocenters. The third-order valence-corrected chi connectivity index (χ3v) is 5.20. The SMILES string of the molecule is CN(CCN1CCOCC1)C(=O)Nc1cccc(Cn2nc3ccccn3c2=O)c1. The highest BCUT2D eigenvalue weighted by atomic mass is 16.5. The molecule has 0 atom stereocenters. The predicted octanol–water partition coefficient (Wildman–Crippen LogP) is 1.34. The number of fused-ring (bicyclic) bond motifs is 1. The topological polar surface area (TPSA) is 84.1 Å². The molecule has 0 spiro atoms. The van der Waals surface area contributed by atoms with Crippen molar-refractivity contribution >= 4 is 17.4 Å². The van der Waals surface area contributed by atoms with Crippen molar-refractivity contribution in [2.24, 2.45) is 0 Å². The van der Waals surface area contributed by atoms with Crippen LogP contribution in [0.1, 0.15) is 5.56 Å². The van der Waals surface area contributed by atoms with Crippen LogP contribution >= 0.6 is 0 Å². The van der Waals surface area contributed by atoms with Crippen LogP contribution < -0.4 is 11.0 Å². The molecule has 158 valence electrons. The summed E-state index contributed by atoms with van der Waals surface area (Å²) in [4.78, 5) is 29.0. The number of nitrogens with zero attached hydrogens (tertiary/aromatic N) is 5. The summed E-state index contributed by atoms with van der Waals surface area (Å²) in [7, 11) is 1.79. The van der Waals surface area contributed by atoms with Gasteiger partial charge in [0.1, 0.15) is 0 Å². The van der Waals surface area contributed by atoms with Crippen molar-refractivity contribution in [3.8, 4) is 0 Å². The third-order valence-electron chi connectivity index (χ3n) is 5.20. The largest absolute Gasteiger partial charge is 0.379 e. The molecule has 3 aromatic rings. The van der Waals surface area contributed by atoms with Gasteiger partial charge in [-0.25, -0.2) is 14.3 Å². The fourth-order valence-electron chi connectivity index (χ4n) is 3.43. The van der Waals surface area contributed by atoms with Crippen molar-refractivity contribution in [3.05, 3.63) is 64.7 Å². The van der Waals surface area contributed by atoms with E-state index in [4.69, 9.17) is 4.74 Å². The number of hydrogen-bond donors (Lipinski definition) is 1. The Morgan fingerprint density at radius 2 is 2.03 bits per heavy atom. The maximum atomic E-state index is 12.5. The lowest BCUT2D eigenvalue weighted by molar-refractivity contribution is 0.0359. The quantitative estimate of drug-likeness (QED) is 0.663. The molecule has 1 fully saturated rings. The average Bonchev–Trinajstić information content (AvgIpc) is 3.08. The smallest absolute Gasteiger partial charge is 0.350 e. The van der Waals surface area contributed by atoms with Gasteiger partial charge in [-0.05, 0) is 29.8 Å². The second-order valence-corrected chi connectivity index (χ2v) is 7.38. The van der Waals surface area contributed by atoms with Gasteiger partial charge < -0.3 is 15.0 Å². The molecule has 30 heavy (non-hydrogen) atoms. The number of morpholine rings is 1. The second-order valence-electron chi connectivity index (χ2n) is 7.38. The summed E-state index contributed by atoms with van der Waals surface area (Å²) in [6.07, 6.45) is 1.70. The monoisotopic (exact) mass is 410 g/mol. The van der Waals surface area contributed by atoms with Crippen molar-refractivity contribution < 1.29 is 9.53 Å². The summed E-state index contributed by atoms with van der Waals surface area (Å²) >= 11 is 0. The maximum absolute atomic E-state index is 12.5. The summed E-state index contributed by atoms with van der Waals surface area (Å²) in [5.74, 6) is 0. The van der Waals surface area contributed by atoms with E-state index in [-0.39, 0.29) is 11.7 Å². The summed E-state index contributed by atoms with van der Waals surface area (Å²) in [6.45, 7) is 5.10. The van der Waals surface area contributed by atoms with Gasteiger partial charge in [-0.15, -0.1) is 5.10 Å². The number of carbonyl (C=O) groups excluding carboxylic acids is 1. The Labute approximate surface area is 174 Å². The summed E-state index contributed by atoms with van der Waals surface area (Å²) in [5, 5.41) is 7.28. The Balaban J connectivity index is 1.37. The van der Waals surface area contributed by atoms with Crippen molar-refractivity contribution in [2.45, 2.75) is 6.54 Å². The molecule has 0 saturated carbocycles. The normalized spacial score (nSPS) is 14.7. The van der Waals surface area contributed by atoms with Crippen molar-refractivity contribution in [1.82, 2.24) is 24.0 Å². The maximum Gasteiger partial charge on any atom is 0.350 e. The van der Waals surface area contributed by atoms with Crippen LogP contribution in [0.3, 0.4) is 0 Å². The van der Waals surface area contributed by atoms with Crippen LogP contribution in [-0.2, 0) is 11.3 Å². The summed E-state index contributed by atoms with van der Waals surface area (Å²) in [5.41, 5.74) is 1.98. The minimum Gasteiger partial charge on any atom is -0.379 e. The van der Waals surface area contributed by atoms with Crippen molar-refractivity contribution in [2.75, 3.05) is 51.8 Å². The van der Waals surface area contributed by atoms with E-state index in [2.05, 4.69) is 15.3 Å². The Morgan fingerprint density at radius 1 is 1.20 bits per heavy atom. The number of nitrogens with one attached hydrogen (secondary N) is 1. The van der Waals surface area contributed by atoms with Gasteiger partial charge in [-0.1, -0.05) is 18.2 Å². The number of amides is 2. The zero-order chi connectivity index (χ0) is 20.9. The van der Waals surface area contributed by atoms with Gasteiger partial charge in [0.2, 0.25) is 0 Å². The first kappa shape index (κ1) is 20.1. The Morgan fingerprint density at radius 3 is 2.83 bits per heavy atom. The average molecular weight is 410 g/mol. The van der Waals surface area contributed by atoms with Gasteiger partial charge >= 0.3 is 11.7 Å². The van der Waals surface area contributed by atoms with E-state index in [0.717, 1.165) is 38.4 Å². The number of benzene rings is 1. The molecule has 1 aliphatic rings. The molecule has 0 radical (unpaired) electrons. The predicted molar refractivity (Wildman–Crippen MR) is 114 cm³/mol. The number of anilines is 1. The first-order valence-corrected chi connectivity index (χ1v) is 10.1. The molecule has 1 aliphatic heterocycles. The number of hydrogen-bond acceptors (Lipinski definition) is 5. The molecule has 1 aromatic carbocycles. The van der Waals surface area contributed by atoms with E-state index >= 15 is 0 Å². The lowest BCUT2D eigenvalue weighted by Gasteiger charge is -2.28. The molecule has 1 N–H and O–H groups in total. The zero-order valence-corrected chi connectivity index (χ0v) is 17.0. The van der Waals surface area contributed by atoms with Crippen LogP contribution in [0, 0.1) is 0 Å². The number of carbonyl (C=O) groups is 1. The zero-order valence-electron chi connectivity index (χ0n) is 17.0. The highest BCUT2D eigenvalue weighted by molar-refractivity contribution is 5.89. The number of rotatable bonds is 6. The van der Waals surface area contributed by atoms with Crippen LogP contribution in [0.2, 0.25) is 0 Å². The minimum atomic E-state index is -0.192. The van der Waals surface area contributed by atoms with Crippen LogP contribution in [0.5, 0.6) is 0 Å². The van der Waals surface area contributed by atoms with Crippen molar-refractivity contribution in [1.29, 1.82) is 0 Å². The molecule has 2 amide bonds. The fourth-order valence-corrected chi connectivity index (χ4v) is 3.43. The lowest BCUT2D eigenvalue weighted by Crippen LogP contribution is -2.42. The molecular formula is C21H26N6O3.